The number of hydrogen-bond donors (Lipinski definition) is 1. The first kappa shape index (κ1) is 11.9. The van der Waals surface area contributed by atoms with E-state index in [9.17, 15) is 4.79 Å². The molecule has 1 aromatic heterocycles. The number of carboxylic acid groups (broad SMARTS) is 1. The Balaban J connectivity index is 2.14. The van der Waals surface area contributed by atoms with E-state index in [1.165, 1.54) is 18.0 Å². The summed E-state index contributed by atoms with van der Waals surface area (Å²) in [7, 11) is 1.45. The number of carboxylic acids is 1. The molecule has 1 fully saturated rings. The van der Waals surface area contributed by atoms with Crippen molar-refractivity contribution in [1.29, 1.82) is 0 Å². The van der Waals surface area contributed by atoms with Crippen molar-refractivity contribution >= 4 is 5.97 Å². The Morgan fingerprint density at radius 2 is 2.35 bits per heavy atom. The van der Waals surface area contributed by atoms with Crippen molar-refractivity contribution in [1.82, 2.24) is 9.78 Å². The lowest BCUT2D eigenvalue weighted by Gasteiger charge is -2.22. The molecule has 6 nitrogen and oxygen atoms in total. The van der Waals surface area contributed by atoms with Crippen LogP contribution in [0.4, 0.5) is 0 Å². The van der Waals surface area contributed by atoms with Crippen LogP contribution in [0.1, 0.15) is 23.3 Å². The van der Waals surface area contributed by atoms with Crippen molar-refractivity contribution in [3.63, 3.8) is 0 Å². The number of rotatable bonds is 4. The van der Waals surface area contributed by atoms with Crippen LogP contribution in [0.25, 0.3) is 0 Å². The lowest BCUT2D eigenvalue weighted by atomic mass is 10.0. The number of methoxy groups -OCH3 is 1. The van der Waals surface area contributed by atoms with Gasteiger partial charge in [0.25, 0.3) is 0 Å². The second-order valence-corrected chi connectivity index (χ2v) is 4.10. The summed E-state index contributed by atoms with van der Waals surface area (Å²) < 4.78 is 11.8. The van der Waals surface area contributed by atoms with Crippen LogP contribution in [-0.4, -0.2) is 41.2 Å². The average Bonchev–Trinajstić information content (AvgIpc) is 2.73. The van der Waals surface area contributed by atoms with E-state index in [4.69, 9.17) is 14.6 Å². The minimum absolute atomic E-state index is 0.124. The smallest absolute Gasteiger partial charge is 0.358 e. The minimum atomic E-state index is -1.01. The monoisotopic (exact) mass is 240 g/mol. The summed E-state index contributed by atoms with van der Waals surface area (Å²) in [6.45, 7) is 2.09. The molecule has 1 saturated heterocycles. The second-order valence-electron chi connectivity index (χ2n) is 4.10. The average molecular weight is 240 g/mol. The van der Waals surface area contributed by atoms with E-state index in [2.05, 4.69) is 5.10 Å². The molecule has 2 heterocycles. The van der Waals surface area contributed by atoms with E-state index >= 15 is 0 Å². The van der Waals surface area contributed by atoms with Crippen LogP contribution in [0.15, 0.2) is 6.20 Å². The first-order valence-corrected chi connectivity index (χ1v) is 5.63. The standard InChI is InChI=1S/C11H16N2O4/c1-16-9-6-12-13(10(9)11(14)15)7-8-2-4-17-5-3-8/h6,8H,2-5,7H2,1H3,(H,14,15). The largest absolute Gasteiger partial charge is 0.493 e. The molecule has 0 amide bonds. The third-order valence-electron chi connectivity index (χ3n) is 3.00. The zero-order valence-corrected chi connectivity index (χ0v) is 9.76. The molecule has 0 aliphatic carbocycles. The topological polar surface area (TPSA) is 73.6 Å². The maximum Gasteiger partial charge on any atom is 0.358 e. The van der Waals surface area contributed by atoms with Crippen molar-refractivity contribution in [2.45, 2.75) is 19.4 Å². The summed E-state index contributed by atoms with van der Waals surface area (Å²) in [6.07, 6.45) is 3.34. The molecule has 1 aliphatic heterocycles. The van der Waals surface area contributed by atoms with Crippen molar-refractivity contribution in [2.24, 2.45) is 5.92 Å². The Labute approximate surface area is 99.1 Å². The molecule has 0 saturated carbocycles. The van der Waals surface area contributed by atoms with Crippen LogP contribution in [0.5, 0.6) is 5.75 Å². The lowest BCUT2D eigenvalue weighted by Crippen LogP contribution is -2.23. The molecule has 0 aromatic carbocycles. The highest BCUT2D eigenvalue weighted by atomic mass is 16.5. The molecule has 2 rings (SSSR count). The number of aromatic carboxylic acids is 1. The highest BCUT2D eigenvalue weighted by Crippen LogP contribution is 2.22. The molecule has 0 unspecified atom stereocenters. The van der Waals surface area contributed by atoms with Crippen LogP contribution >= 0.6 is 0 Å². The Morgan fingerprint density at radius 1 is 1.65 bits per heavy atom. The normalized spacial score (nSPS) is 17.0. The molecular formula is C11H16N2O4. The fraction of sp³-hybridized carbons (Fsp3) is 0.636. The molecule has 1 aliphatic rings. The number of nitrogens with zero attached hydrogens (tertiary/aromatic N) is 2. The molecule has 1 N–H and O–H groups in total. The van der Waals surface area contributed by atoms with Crippen LogP contribution < -0.4 is 4.74 Å². The summed E-state index contributed by atoms with van der Waals surface area (Å²) in [4.78, 5) is 11.1. The molecule has 0 spiro atoms. The van der Waals surface area contributed by atoms with Gasteiger partial charge in [0, 0.05) is 19.8 Å². The van der Waals surface area contributed by atoms with Gasteiger partial charge in [0.05, 0.1) is 13.3 Å². The van der Waals surface area contributed by atoms with Gasteiger partial charge >= 0.3 is 5.97 Å². The zero-order chi connectivity index (χ0) is 12.3. The van der Waals surface area contributed by atoms with Gasteiger partial charge in [-0.15, -0.1) is 0 Å². The molecule has 17 heavy (non-hydrogen) atoms. The predicted octanol–water partition coefficient (Wildman–Crippen LogP) is 1.02. The highest BCUT2D eigenvalue weighted by molar-refractivity contribution is 5.88. The predicted molar refractivity (Wildman–Crippen MR) is 59.3 cm³/mol. The lowest BCUT2D eigenvalue weighted by molar-refractivity contribution is 0.0579. The van der Waals surface area contributed by atoms with E-state index in [1.54, 1.807) is 0 Å². The number of ether oxygens (including phenoxy) is 2. The molecule has 94 valence electrons. The van der Waals surface area contributed by atoms with E-state index in [0.717, 1.165) is 26.1 Å². The van der Waals surface area contributed by atoms with Crippen molar-refractivity contribution < 1.29 is 19.4 Å². The van der Waals surface area contributed by atoms with E-state index in [0.29, 0.717) is 18.2 Å². The highest BCUT2D eigenvalue weighted by Gasteiger charge is 2.22. The van der Waals surface area contributed by atoms with Gasteiger partial charge in [-0.2, -0.15) is 5.10 Å². The summed E-state index contributed by atoms with van der Waals surface area (Å²) in [5.74, 6) is -0.276. The molecule has 1 aromatic rings. The maximum absolute atomic E-state index is 11.1. The molecule has 0 radical (unpaired) electrons. The van der Waals surface area contributed by atoms with Gasteiger partial charge in [-0.3, -0.25) is 4.68 Å². The first-order chi connectivity index (χ1) is 8.22. The van der Waals surface area contributed by atoms with Crippen molar-refractivity contribution in [2.75, 3.05) is 20.3 Å². The third-order valence-corrected chi connectivity index (χ3v) is 3.00. The number of carbonyl (C=O) groups is 1. The van der Waals surface area contributed by atoms with Gasteiger partial charge in [-0.1, -0.05) is 0 Å². The molecule has 0 bridgehead atoms. The quantitative estimate of drug-likeness (QED) is 0.850. The van der Waals surface area contributed by atoms with Crippen LogP contribution in [0.3, 0.4) is 0 Å². The summed E-state index contributed by atoms with van der Waals surface area (Å²) in [6, 6.07) is 0. The summed E-state index contributed by atoms with van der Waals surface area (Å²) in [5, 5.41) is 13.2. The van der Waals surface area contributed by atoms with Gasteiger partial charge in [0.1, 0.15) is 0 Å². The maximum atomic E-state index is 11.1. The van der Waals surface area contributed by atoms with Gasteiger partial charge in [-0.05, 0) is 18.8 Å². The van der Waals surface area contributed by atoms with Crippen molar-refractivity contribution in [3.05, 3.63) is 11.9 Å². The summed E-state index contributed by atoms with van der Waals surface area (Å²) >= 11 is 0. The fourth-order valence-electron chi connectivity index (χ4n) is 2.05. The number of hydrogen-bond acceptors (Lipinski definition) is 4. The third kappa shape index (κ3) is 2.58. The number of aromatic nitrogens is 2. The zero-order valence-electron chi connectivity index (χ0n) is 9.76. The van der Waals surface area contributed by atoms with Gasteiger partial charge < -0.3 is 14.6 Å². The van der Waals surface area contributed by atoms with Gasteiger partial charge in [-0.25, -0.2) is 4.79 Å². The Bertz CT molecular complexity index is 396. The molecule has 6 heteroatoms. The molecule has 0 atom stereocenters. The SMILES string of the molecule is COc1cnn(CC2CCOCC2)c1C(=O)O. The minimum Gasteiger partial charge on any atom is -0.493 e. The van der Waals surface area contributed by atoms with E-state index < -0.39 is 5.97 Å². The first-order valence-electron chi connectivity index (χ1n) is 5.63. The Morgan fingerprint density at radius 3 is 2.94 bits per heavy atom. The van der Waals surface area contributed by atoms with Crippen LogP contribution in [0, 0.1) is 5.92 Å². The van der Waals surface area contributed by atoms with Crippen LogP contribution in [0.2, 0.25) is 0 Å². The van der Waals surface area contributed by atoms with Gasteiger partial charge in [0.2, 0.25) is 0 Å². The van der Waals surface area contributed by atoms with E-state index in [1.807, 2.05) is 0 Å². The van der Waals surface area contributed by atoms with Gasteiger partial charge in [0.15, 0.2) is 11.4 Å². The van der Waals surface area contributed by atoms with Crippen molar-refractivity contribution in [3.8, 4) is 5.75 Å². The van der Waals surface area contributed by atoms with Crippen LogP contribution in [-0.2, 0) is 11.3 Å². The fourth-order valence-corrected chi connectivity index (χ4v) is 2.05. The summed E-state index contributed by atoms with van der Waals surface area (Å²) in [5.41, 5.74) is 0.124. The Hall–Kier alpha value is -1.56. The molecular weight excluding hydrogens is 224 g/mol. The van der Waals surface area contributed by atoms with E-state index in [-0.39, 0.29) is 5.69 Å². The second kappa shape index (κ2) is 5.18. The Kier molecular flexibility index (Phi) is 3.63.